The average Bonchev–Trinajstić information content (AvgIpc) is 3.05. The van der Waals surface area contributed by atoms with Gasteiger partial charge in [0, 0.05) is 18.7 Å². The maximum atomic E-state index is 12.0. The van der Waals surface area contributed by atoms with E-state index in [-0.39, 0.29) is 5.91 Å². The predicted molar refractivity (Wildman–Crippen MR) is 104 cm³/mol. The number of anilines is 1. The lowest BCUT2D eigenvalue weighted by molar-refractivity contribution is 0.0976. The standard InChI is InChI=1S/C18H19N5OS/c24-16(13-7-2-1-3-8-13)23-18(25)20-12-6-11-19-17-21-14-9-4-5-10-15(14)22-17/h1-5,7-10H,6,11-12H2,(H2,19,21,22)(H2,20,23,24,25). The van der Waals surface area contributed by atoms with Crippen molar-refractivity contribution in [3.63, 3.8) is 0 Å². The molecule has 4 N–H and O–H groups in total. The number of imidazole rings is 1. The normalized spacial score (nSPS) is 10.4. The van der Waals surface area contributed by atoms with Crippen LogP contribution in [0.25, 0.3) is 11.0 Å². The Morgan fingerprint density at radius 1 is 1.04 bits per heavy atom. The summed E-state index contributed by atoms with van der Waals surface area (Å²) in [7, 11) is 0. The predicted octanol–water partition coefficient (Wildman–Crippen LogP) is 2.67. The quantitative estimate of drug-likeness (QED) is 0.405. The van der Waals surface area contributed by atoms with E-state index in [0.29, 0.717) is 17.2 Å². The number of carbonyl (C=O) groups is 1. The summed E-state index contributed by atoms with van der Waals surface area (Å²) in [6, 6.07) is 16.9. The molecule has 128 valence electrons. The van der Waals surface area contributed by atoms with Gasteiger partial charge in [-0.25, -0.2) is 4.98 Å². The van der Waals surface area contributed by atoms with Gasteiger partial charge < -0.3 is 15.6 Å². The third kappa shape index (κ3) is 4.77. The van der Waals surface area contributed by atoms with Crippen molar-refractivity contribution < 1.29 is 4.79 Å². The Balaban J connectivity index is 1.35. The topological polar surface area (TPSA) is 81.8 Å². The number of thiocarbonyl (C=S) groups is 1. The fourth-order valence-corrected chi connectivity index (χ4v) is 2.54. The molecule has 1 amide bonds. The van der Waals surface area contributed by atoms with Crippen LogP contribution < -0.4 is 16.0 Å². The van der Waals surface area contributed by atoms with Crippen molar-refractivity contribution in [2.45, 2.75) is 6.42 Å². The summed E-state index contributed by atoms with van der Waals surface area (Å²) < 4.78 is 0. The van der Waals surface area contributed by atoms with Crippen molar-refractivity contribution in [2.75, 3.05) is 18.4 Å². The molecule has 25 heavy (non-hydrogen) atoms. The molecule has 0 unspecified atom stereocenters. The number of H-pyrrole nitrogens is 1. The first-order chi connectivity index (χ1) is 12.2. The third-order valence-corrected chi connectivity index (χ3v) is 3.83. The summed E-state index contributed by atoms with van der Waals surface area (Å²) >= 11 is 5.13. The molecule has 0 bridgehead atoms. The molecule has 1 aromatic heterocycles. The zero-order valence-electron chi connectivity index (χ0n) is 13.6. The van der Waals surface area contributed by atoms with E-state index in [1.165, 1.54) is 0 Å². The van der Waals surface area contributed by atoms with Crippen LogP contribution in [0, 0.1) is 0 Å². The molecule has 0 aliphatic carbocycles. The molecule has 6 nitrogen and oxygen atoms in total. The highest BCUT2D eigenvalue weighted by Gasteiger charge is 2.06. The van der Waals surface area contributed by atoms with Gasteiger partial charge in [0.15, 0.2) is 5.11 Å². The van der Waals surface area contributed by atoms with Crippen molar-refractivity contribution in [1.82, 2.24) is 20.6 Å². The number of para-hydroxylation sites is 2. The largest absolute Gasteiger partial charge is 0.362 e. The van der Waals surface area contributed by atoms with Gasteiger partial charge in [-0.05, 0) is 42.9 Å². The summed E-state index contributed by atoms with van der Waals surface area (Å²) in [6.45, 7) is 1.39. The van der Waals surface area contributed by atoms with Gasteiger partial charge in [0.25, 0.3) is 5.91 Å². The zero-order valence-corrected chi connectivity index (χ0v) is 14.4. The minimum Gasteiger partial charge on any atom is -0.362 e. The first-order valence-electron chi connectivity index (χ1n) is 8.05. The fourth-order valence-electron chi connectivity index (χ4n) is 2.34. The summed E-state index contributed by atoms with van der Waals surface area (Å²) in [5.41, 5.74) is 2.53. The smallest absolute Gasteiger partial charge is 0.257 e. The molecule has 0 aliphatic rings. The molecule has 3 aromatic rings. The number of fused-ring (bicyclic) bond motifs is 1. The first-order valence-corrected chi connectivity index (χ1v) is 8.46. The van der Waals surface area contributed by atoms with Crippen LogP contribution in [0.1, 0.15) is 16.8 Å². The van der Waals surface area contributed by atoms with Gasteiger partial charge in [-0.15, -0.1) is 0 Å². The number of nitrogens with zero attached hydrogens (tertiary/aromatic N) is 1. The van der Waals surface area contributed by atoms with Gasteiger partial charge >= 0.3 is 0 Å². The maximum absolute atomic E-state index is 12.0. The molecule has 0 aliphatic heterocycles. The number of rotatable bonds is 6. The van der Waals surface area contributed by atoms with Crippen molar-refractivity contribution in [3.05, 3.63) is 60.2 Å². The Morgan fingerprint density at radius 2 is 1.80 bits per heavy atom. The first kappa shape index (κ1) is 16.9. The minimum atomic E-state index is -0.210. The summed E-state index contributed by atoms with van der Waals surface area (Å²) in [5, 5.41) is 9.26. The van der Waals surface area contributed by atoms with Crippen LogP contribution in [-0.4, -0.2) is 34.1 Å². The van der Waals surface area contributed by atoms with Gasteiger partial charge in [0.1, 0.15) is 0 Å². The van der Waals surface area contributed by atoms with Crippen molar-refractivity contribution in [2.24, 2.45) is 0 Å². The molecule has 0 radical (unpaired) electrons. The molecule has 0 atom stereocenters. The van der Waals surface area contributed by atoms with Gasteiger partial charge in [-0.1, -0.05) is 30.3 Å². The number of hydrogen-bond acceptors (Lipinski definition) is 4. The van der Waals surface area contributed by atoms with Crippen LogP contribution in [0.2, 0.25) is 0 Å². The zero-order chi connectivity index (χ0) is 17.5. The van der Waals surface area contributed by atoms with E-state index >= 15 is 0 Å². The van der Waals surface area contributed by atoms with Crippen molar-refractivity contribution in [3.8, 4) is 0 Å². The molecule has 2 aromatic carbocycles. The van der Waals surface area contributed by atoms with E-state index in [1.54, 1.807) is 12.1 Å². The maximum Gasteiger partial charge on any atom is 0.257 e. The summed E-state index contributed by atoms with van der Waals surface area (Å²) in [5.74, 6) is 0.541. The van der Waals surface area contributed by atoms with E-state index in [1.807, 2.05) is 42.5 Å². The molecule has 0 saturated carbocycles. The van der Waals surface area contributed by atoms with Crippen LogP contribution in [0.15, 0.2) is 54.6 Å². The van der Waals surface area contributed by atoms with Gasteiger partial charge in [0.05, 0.1) is 11.0 Å². The number of aromatic amines is 1. The lowest BCUT2D eigenvalue weighted by atomic mass is 10.2. The monoisotopic (exact) mass is 353 g/mol. The fraction of sp³-hybridized carbons (Fsp3) is 0.167. The van der Waals surface area contributed by atoms with Gasteiger partial charge in [-0.2, -0.15) is 0 Å². The van der Waals surface area contributed by atoms with Crippen LogP contribution >= 0.6 is 12.2 Å². The second-order valence-corrected chi connectivity index (χ2v) is 5.87. The number of carbonyl (C=O) groups excluding carboxylic acids is 1. The second-order valence-electron chi connectivity index (χ2n) is 5.46. The SMILES string of the molecule is O=C(NC(=S)NCCCNc1nc2ccccc2[nH]1)c1ccccc1. The van der Waals surface area contributed by atoms with Crippen molar-refractivity contribution >= 4 is 40.2 Å². The number of nitrogens with one attached hydrogen (secondary N) is 4. The van der Waals surface area contributed by atoms with E-state index in [9.17, 15) is 4.79 Å². The molecule has 7 heteroatoms. The number of aromatic nitrogens is 2. The molecule has 0 saturated heterocycles. The van der Waals surface area contributed by atoms with Crippen molar-refractivity contribution in [1.29, 1.82) is 0 Å². The van der Waals surface area contributed by atoms with E-state index in [0.717, 1.165) is 29.9 Å². The Kier molecular flexibility index (Phi) is 5.58. The molecule has 3 rings (SSSR count). The number of benzene rings is 2. The molecule has 0 spiro atoms. The Labute approximate surface area is 151 Å². The molecule has 1 heterocycles. The summed E-state index contributed by atoms with van der Waals surface area (Å²) in [4.78, 5) is 19.6. The number of amides is 1. The van der Waals surface area contributed by atoms with E-state index in [4.69, 9.17) is 12.2 Å². The lowest BCUT2D eigenvalue weighted by Crippen LogP contribution is -2.39. The average molecular weight is 353 g/mol. The lowest BCUT2D eigenvalue weighted by Gasteiger charge is -2.09. The third-order valence-electron chi connectivity index (χ3n) is 3.58. The van der Waals surface area contributed by atoms with E-state index < -0.39 is 0 Å². The molecular weight excluding hydrogens is 334 g/mol. The highest BCUT2D eigenvalue weighted by Crippen LogP contribution is 2.12. The van der Waals surface area contributed by atoms with Gasteiger partial charge in [0.2, 0.25) is 5.95 Å². The van der Waals surface area contributed by atoms with Crippen LogP contribution in [-0.2, 0) is 0 Å². The Bertz CT molecular complexity index is 829. The van der Waals surface area contributed by atoms with Gasteiger partial charge in [-0.3, -0.25) is 10.1 Å². The molecular formula is C18H19N5OS. The number of hydrogen-bond donors (Lipinski definition) is 4. The second kappa shape index (κ2) is 8.25. The minimum absolute atomic E-state index is 0.210. The highest BCUT2D eigenvalue weighted by molar-refractivity contribution is 7.80. The van der Waals surface area contributed by atoms with Crippen LogP contribution in [0.3, 0.4) is 0 Å². The van der Waals surface area contributed by atoms with Crippen LogP contribution in [0.5, 0.6) is 0 Å². The summed E-state index contributed by atoms with van der Waals surface area (Å²) in [6.07, 6.45) is 0.832. The Hall–Kier alpha value is -2.93. The molecule has 0 fully saturated rings. The Morgan fingerprint density at radius 3 is 2.60 bits per heavy atom. The highest BCUT2D eigenvalue weighted by atomic mass is 32.1. The van der Waals surface area contributed by atoms with Crippen LogP contribution in [0.4, 0.5) is 5.95 Å². The van der Waals surface area contributed by atoms with E-state index in [2.05, 4.69) is 25.9 Å².